The maximum Gasteiger partial charge on any atom is 1.00 e. The summed E-state index contributed by atoms with van der Waals surface area (Å²) in [5.41, 5.74) is 5.70. The van der Waals surface area contributed by atoms with Gasteiger partial charge in [0.25, 0.3) is 0 Å². The Labute approximate surface area is 257 Å². The molecule has 0 aromatic heterocycles. The van der Waals surface area contributed by atoms with Gasteiger partial charge in [0.2, 0.25) is 0 Å². The van der Waals surface area contributed by atoms with Crippen molar-refractivity contribution in [2.24, 2.45) is 0 Å². The Balaban J connectivity index is 0.00000161. The van der Waals surface area contributed by atoms with Crippen LogP contribution in [-0.2, 0) is 11.1 Å². The first-order valence-corrected chi connectivity index (χ1v) is 13.5. The maximum absolute atomic E-state index is 4.38. The molecular formula is C38H35LiN2. The molecule has 0 heterocycles. The van der Waals surface area contributed by atoms with Crippen molar-refractivity contribution >= 4 is 0 Å². The van der Waals surface area contributed by atoms with Crippen molar-refractivity contribution in [1.29, 1.82) is 0 Å². The van der Waals surface area contributed by atoms with Crippen LogP contribution in [0.5, 0.6) is 0 Å². The average molecular weight is 527 g/mol. The Morgan fingerprint density at radius 1 is 0.293 bits per heavy atom. The fourth-order valence-corrected chi connectivity index (χ4v) is 5.84. The summed E-state index contributed by atoms with van der Waals surface area (Å²) in [5, 5.41) is 4.38. The van der Waals surface area contributed by atoms with Gasteiger partial charge < -0.3 is 7.58 Å². The molecule has 0 spiro atoms. The predicted octanol–water partition coefficient (Wildman–Crippen LogP) is 5.84. The summed E-state index contributed by atoms with van der Waals surface area (Å²) in [6.45, 7) is 0. The van der Waals surface area contributed by atoms with Crippen molar-refractivity contribution in [3.63, 3.8) is 0 Å². The van der Waals surface area contributed by atoms with Crippen LogP contribution in [0.2, 0.25) is 0 Å². The molecule has 0 fully saturated rings. The summed E-state index contributed by atoms with van der Waals surface area (Å²) in [4.78, 5) is 0. The van der Waals surface area contributed by atoms with Gasteiger partial charge in [0.05, 0.1) is 11.1 Å². The fraction of sp³-hybridized carbons (Fsp3) is 0.0526. The SMILES string of the molecule is N.[H-].[Li+].c1ccc(C(NC(c2ccccc2)(c2ccccc2)c2ccccc2)(c2ccccc2)c2ccccc2)cc1. The summed E-state index contributed by atoms with van der Waals surface area (Å²) in [6, 6.07) is 64.9. The average Bonchev–Trinajstić information content (AvgIpc) is 3.04. The topological polar surface area (TPSA) is 47.0 Å². The molecule has 0 saturated carbocycles. The van der Waals surface area contributed by atoms with Crippen LogP contribution in [0.1, 0.15) is 34.8 Å². The molecule has 0 amide bonds. The minimum Gasteiger partial charge on any atom is -1.00 e. The van der Waals surface area contributed by atoms with Crippen molar-refractivity contribution in [2.45, 2.75) is 11.1 Å². The molecule has 3 heteroatoms. The Morgan fingerprint density at radius 2 is 0.439 bits per heavy atom. The van der Waals surface area contributed by atoms with Gasteiger partial charge in [-0.2, -0.15) is 0 Å². The van der Waals surface area contributed by atoms with E-state index in [0.29, 0.717) is 0 Å². The van der Waals surface area contributed by atoms with E-state index in [1.165, 1.54) is 33.4 Å². The van der Waals surface area contributed by atoms with E-state index in [4.69, 9.17) is 0 Å². The molecule has 0 aliphatic heterocycles. The quantitative estimate of drug-likeness (QED) is 0.193. The Bertz CT molecular complexity index is 1280. The van der Waals surface area contributed by atoms with Gasteiger partial charge in [0.15, 0.2) is 0 Å². The first-order valence-electron chi connectivity index (χ1n) is 13.5. The summed E-state index contributed by atoms with van der Waals surface area (Å²) >= 11 is 0. The van der Waals surface area contributed by atoms with E-state index in [-0.39, 0.29) is 26.4 Å². The van der Waals surface area contributed by atoms with Crippen molar-refractivity contribution < 1.29 is 20.3 Å². The minimum absolute atomic E-state index is 0. The van der Waals surface area contributed by atoms with Gasteiger partial charge in [0.1, 0.15) is 0 Å². The van der Waals surface area contributed by atoms with Gasteiger partial charge in [-0.05, 0) is 33.4 Å². The summed E-state index contributed by atoms with van der Waals surface area (Å²) in [5.74, 6) is 0. The molecule has 6 aromatic rings. The fourth-order valence-electron chi connectivity index (χ4n) is 5.84. The molecule has 0 aliphatic carbocycles. The number of benzene rings is 6. The Kier molecular flexibility index (Phi) is 9.79. The van der Waals surface area contributed by atoms with Crippen LogP contribution in [0.15, 0.2) is 182 Å². The predicted molar refractivity (Wildman–Crippen MR) is 168 cm³/mol. The van der Waals surface area contributed by atoms with Crippen LogP contribution in [0.25, 0.3) is 0 Å². The van der Waals surface area contributed by atoms with E-state index in [0.717, 1.165) is 0 Å². The third kappa shape index (κ3) is 5.57. The van der Waals surface area contributed by atoms with Crippen LogP contribution in [0, 0.1) is 0 Å². The number of hydrogen-bond donors (Lipinski definition) is 2. The molecule has 198 valence electrons. The van der Waals surface area contributed by atoms with E-state index < -0.39 is 11.1 Å². The van der Waals surface area contributed by atoms with Crippen LogP contribution in [0.3, 0.4) is 0 Å². The van der Waals surface area contributed by atoms with Crippen molar-refractivity contribution in [3.8, 4) is 0 Å². The molecule has 0 aliphatic rings. The summed E-state index contributed by atoms with van der Waals surface area (Å²) in [6.07, 6.45) is 0. The largest absolute Gasteiger partial charge is 1.00 e. The third-order valence-electron chi connectivity index (χ3n) is 7.62. The van der Waals surface area contributed by atoms with Crippen LogP contribution in [-0.4, -0.2) is 0 Å². The molecule has 4 N–H and O–H groups in total. The molecule has 0 saturated heterocycles. The molecule has 41 heavy (non-hydrogen) atoms. The zero-order valence-electron chi connectivity index (χ0n) is 24.5. The monoisotopic (exact) mass is 526 g/mol. The summed E-state index contributed by atoms with van der Waals surface area (Å²) < 4.78 is 0. The molecule has 0 atom stereocenters. The van der Waals surface area contributed by atoms with Gasteiger partial charge in [-0.1, -0.05) is 182 Å². The van der Waals surface area contributed by atoms with Crippen LogP contribution >= 0.6 is 0 Å². The maximum atomic E-state index is 4.38. The second-order valence-electron chi connectivity index (χ2n) is 9.82. The van der Waals surface area contributed by atoms with Gasteiger partial charge in [-0.3, -0.25) is 5.32 Å². The zero-order valence-corrected chi connectivity index (χ0v) is 23.5. The molecule has 2 nitrogen and oxygen atoms in total. The second kappa shape index (κ2) is 13.5. The van der Waals surface area contributed by atoms with E-state index in [1.807, 2.05) is 0 Å². The zero-order chi connectivity index (χ0) is 26.4. The normalized spacial score (nSPS) is 11.1. The Hall–Kier alpha value is -4.16. The summed E-state index contributed by atoms with van der Waals surface area (Å²) in [7, 11) is 0. The smallest absolute Gasteiger partial charge is 1.00 e. The van der Waals surface area contributed by atoms with Gasteiger partial charge >= 0.3 is 18.9 Å². The third-order valence-corrected chi connectivity index (χ3v) is 7.62. The first kappa shape index (κ1) is 29.8. The molecule has 6 rings (SSSR count). The van der Waals surface area contributed by atoms with Gasteiger partial charge in [0, 0.05) is 0 Å². The Morgan fingerprint density at radius 3 is 0.585 bits per heavy atom. The van der Waals surface area contributed by atoms with Gasteiger partial charge in [-0.15, -0.1) is 0 Å². The molecule has 0 unspecified atom stereocenters. The van der Waals surface area contributed by atoms with Gasteiger partial charge in [-0.25, -0.2) is 0 Å². The van der Waals surface area contributed by atoms with Crippen molar-refractivity contribution in [1.82, 2.24) is 11.5 Å². The molecule has 6 aromatic carbocycles. The van der Waals surface area contributed by atoms with Crippen LogP contribution < -0.4 is 30.3 Å². The van der Waals surface area contributed by atoms with E-state index >= 15 is 0 Å². The molecule has 0 bridgehead atoms. The van der Waals surface area contributed by atoms with E-state index in [9.17, 15) is 0 Å². The molecular weight excluding hydrogens is 491 g/mol. The van der Waals surface area contributed by atoms with Crippen molar-refractivity contribution in [2.75, 3.05) is 0 Å². The van der Waals surface area contributed by atoms with Crippen LogP contribution in [0.4, 0.5) is 0 Å². The second-order valence-corrected chi connectivity index (χ2v) is 9.82. The standard InChI is InChI=1S/C38H31N.Li.H3N.H/c1-7-19-31(20-8-1)37(32-21-9-2-10-22-32,33-23-11-3-12-24-33)39-38(34-25-13-4-14-26-34,35-27-15-5-16-28-35)36-29-17-6-18-30-36;;;/h1-30,39H;;1H3;/q;+1;;-1. The minimum atomic E-state index is -0.675. The number of hydrogen-bond acceptors (Lipinski definition) is 2. The van der Waals surface area contributed by atoms with Crippen molar-refractivity contribution in [3.05, 3.63) is 215 Å². The van der Waals surface area contributed by atoms with E-state index in [1.54, 1.807) is 0 Å². The molecule has 0 radical (unpaired) electrons. The number of rotatable bonds is 8. The van der Waals surface area contributed by atoms with E-state index in [2.05, 4.69) is 187 Å². The number of nitrogens with one attached hydrogen (secondary N) is 1. The first-order chi connectivity index (χ1) is 19.3.